The van der Waals surface area contributed by atoms with Crippen LogP contribution in [0.1, 0.15) is 21.5 Å². The maximum Gasteiger partial charge on any atom is 0.271 e. The number of aromatic nitrogens is 3. The number of benzene rings is 2. The van der Waals surface area contributed by atoms with Gasteiger partial charge in [-0.25, -0.2) is 0 Å². The Labute approximate surface area is 186 Å². The number of amides is 1. The Hall–Kier alpha value is -4.66. The Morgan fingerprint density at radius 2 is 1.76 bits per heavy atom. The van der Waals surface area contributed by atoms with Gasteiger partial charge in [-0.15, -0.1) is 0 Å². The Morgan fingerprint density at radius 1 is 1.00 bits per heavy atom. The number of aryl methyl sites for hydroxylation is 2. The molecule has 1 aliphatic rings. The summed E-state index contributed by atoms with van der Waals surface area (Å²) in [7, 11) is 1.55. The van der Waals surface area contributed by atoms with E-state index in [2.05, 4.69) is 15.5 Å². The first-order valence-electron chi connectivity index (χ1n) is 10.1. The van der Waals surface area contributed by atoms with Gasteiger partial charge in [0.2, 0.25) is 5.78 Å². The molecule has 0 aliphatic carbocycles. The van der Waals surface area contributed by atoms with Crippen molar-refractivity contribution in [3.8, 4) is 17.0 Å². The third-order valence-corrected chi connectivity index (χ3v) is 5.79. The summed E-state index contributed by atoms with van der Waals surface area (Å²) >= 11 is 0. The molecule has 1 aliphatic heterocycles. The van der Waals surface area contributed by atoms with Crippen molar-refractivity contribution in [1.82, 2.24) is 14.8 Å². The lowest BCUT2D eigenvalue weighted by Crippen LogP contribution is -2.28. The highest BCUT2D eigenvalue weighted by molar-refractivity contribution is 6.36. The number of aromatic amines is 2. The number of carbonyl (C=O) groups is 2. The zero-order chi connectivity index (χ0) is 23.4. The van der Waals surface area contributed by atoms with Crippen LogP contribution in [0.25, 0.3) is 28.2 Å². The van der Waals surface area contributed by atoms with Crippen molar-refractivity contribution in [2.24, 2.45) is 7.05 Å². The van der Waals surface area contributed by atoms with Crippen LogP contribution in [0, 0.1) is 6.92 Å². The maximum atomic E-state index is 13.1. The Balaban J connectivity index is 1.74. The summed E-state index contributed by atoms with van der Waals surface area (Å²) in [6.07, 6.45) is 1.14. The Bertz CT molecular complexity index is 1650. The molecule has 2 aromatic carbocycles. The average Bonchev–Trinajstić information content (AvgIpc) is 3.15. The number of ketones is 1. The number of anilines is 1. The quantitative estimate of drug-likeness (QED) is 0.279. The number of para-hydroxylation sites is 1. The van der Waals surface area contributed by atoms with E-state index in [0.29, 0.717) is 22.2 Å². The lowest BCUT2D eigenvalue weighted by molar-refractivity contribution is -0.112. The molecule has 9 nitrogen and oxygen atoms in total. The van der Waals surface area contributed by atoms with Gasteiger partial charge in [0.25, 0.3) is 17.0 Å². The van der Waals surface area contributed by atoms with Crippen LogP contribution in [0.4, 0.5) is 5.69 Å². The van der Waals surface area contributed by atoms with Crippen molar-refractivity contribution in [2.75, 3.05) is 5.32 Å². The minimum Gasteiger partial charge on any atom is -0.506 e. The second-order valence-electron chi connectivity index (χ2n) is 7.86. The summed E-state index contributed by atoms with van der Waals surface area (Å²) in [6.45, 7) is 1.82. The Kier molecular flexibility index (Phi) is 4.42. The van der Waals surface area contributed by atoms with Crippen LogP contribution in [-0.4, -0.2) is 31.6 Å². The molecule has 0 bridgehead atoms. The predicted molar refractivity (Wildman–Crippen MR) is 123 cm³/mol. The van der Waals surface area contributed by atoms with Crippen LogP contribution in [0.5, 0.6) is 5.75 Å². The third-order valence-electron chi connectivity index (χ3n) is 5.79. The number of pyridine rings is 1. The number of hydrogen-bond donors (Lipinski definition) is 4. The van der Waals surface area contributed by atoms with Gasteiger partial charge in [-0.3, -0.25) is 29.4 Å². The first-order chi connectivity index (χ1) is 15.8. The second kappa shape index (κ2) is 7.20. The van der Waals surface area contributed by atoms with E-state index in [1.807, 2.05) is 6.92 Å². The zero-order valence-electron chi connectivity index (χ0n) is 17.6. The summed E-state index contributed by atoms with van der Waals surface area (Å²) in [5, 5.41) is 18.9. The molecule has 0 atom stereocenters. The van der Waals surface area contributed by atoms with Gasteiger partial charge >= 0.3 is 0 Å². The van der Waals surface area contributed by atoms with E-state index in [-0.39, 0.29) is 28.1 Å². The monoisotopic (exact) mass is 442 g/mol. The minimum absolute atomic E-state index is 0.0213. The molecule has 4 aromatic rings. The molecule has 0 radical (unpaired) electrons. The number of carbonyl (C=O) groups excluding carboxylic acids is 2. The molecule has 2 aromatic heterocycles. The van der Waals surface area contributed by atoms with Crippen LogP contribution < -0.4 is 16.4 Å². The second-order valence-corrected chi connectivity index (χ2v) is 7.86. The summed E-state index contributed by atoms with van der Waals surface area (Å²) in [4.78, 5) is 51.4. The minimum atomic E-state index is -0.668. The van der Waals surface area contributed by atoms with Crippen molar-refractivity contribution in [1.29, 1.82) is 0 Å². The topological polar surface area (TPSA) is 137 Å². The lowest BCUT2D eigenvalue weighted by Gasteiger charge is -2.18. The normalized spacial score (nSPS) is 14.5. The van der Waals surface area contributed by atoms with E-state index < -0.39 is 22.8 Å². The van der Waals surface area contributed by atoms with Gasteiger partial charge in [0.05, 0.1) is 28.0 Å². The van der Waals surface area contributed by atoms with Crippen LogP contribution in [-0.2, 0) is 11.8 Å². The van der Waals surface area contributed by atoms with E-state index in [0.717, 1.165) is 11.6 Å². The van der Waals surface area contributed by atoms with Crippen molar-refractivity contribution < 1.29 is 14.7 Å². The first-order valence-corrected chi connectivity index (χ1v) is 10.1. The molecular weight excluding hydrogens is 424 g/mol. The van der Waals surface area contributed by atoms with Gasteiger partial charge in [-0.2, -0.15) is 0 Å². The molecule has 0 spiro atoms. The highest BCUT2D eigenvalue weighted by Crippen LogP contribution is 2.34. The number of fused-ring (bicyclic) bond motifs is 2. The standard InChI is InChI=1S/C24H18N4O5/c1-11-7-8-16-13(9-11)20(29)15(22(31)25-16)10-14-19(26-27-23(14)32)18-21(30)12-5-3-4-6-17(12)28(2)24(18)33/h3-10,30H,1-2H3,(H,25,31)(H2,26,27,32). The van der Waals surface area contributed by atoms with Crippen LogP contribution >= 0.6 is 0 Å². The zero-order valence-corrected chi connectivity index (χ0v) is 17.6. The van der Waals surface area contributed by atoms with E-state index in [1.54, 1.807) is 49.5 Å². The third kappa shape index (κ3) is 3.01. The molecule has 4 N–H and O–H groups in total. The molecule has 5 rings (SSSR count). The summed E-state index contributed by atoms with van der Waals surface area (Å²) < 4.78 is 1.35. The molecule has 3 heterocycles. The molecular formula is C24H18N4O5. The maximum absolute atomic E-state index is 13.1. The number of hydrogen-bond acceptors (Lipinski definition) is 5. The molecule has 1 amide bonds. The molecule has 0 saturated heterocycles. The van der Waals surface area contributed by atoms with Gasteiger partial charge in [0, 0.05) is 18.0 Å². The molecule has 0 unspecified atom stereocenters. The van der Waals surface area contributed by atoms with Crippen molar-refractivity contribution in [3.63, 3.8) is 0 Å². The Morgan fingerprint density at radius 3 is 2.55 bits per heavy atom. The molecule has 0 saturated carbocycles. The van der Waals surface area contributed by atoms with Gasteiger partial charge in [-0.05, 0) is 37.3 Å². The van der Waals surface area contributed by atoms with E-state index in [1.165, 1.54) is 4.57 Å². The van der Waals surface area contributed by atoms with Gasteiger partial charge < -0.3 is 15.0 Å². The van der Waals surface area contributed by atoms with Crippen molar-refractivity contribution >= 4 is 34.4 Å². The number of rotatable bonds is 2. The van der Waals surface area contributed by atoms with Crippen LogP contribution in [0.15, 0.2) is 57.6 Å². The SMILES string of the molecule is Cc1ccc2c(c1)C(=O)C(=Cc1c(-c3c(O)c4ccccc4n(C)c3=O)[nH][nH]c1=O)C(=O)N2. The van der Waals surface area contributed by atoms with E-state index in [4.69, 9.17) is 0 Å². The first kappa shape index (κ1) is 20.3. The summed E-state index contributed by atoms with van der Waals surface area (Å²) in [5.74, 6) is -1.53. The number of Topliss-reactive ketones (excluding diaryl/α,β-unsaturated/α-hetero) is 1. The molecule has 9 heteroatoms. The summed E-state index contributed by atoms with van der Waals surface area (Å²) in [6, 6.07) is 11.8. The molecule has 33 heavy (non-hydrogen) atoms. The van der Waals surface area contributed by atoms with Crippen molar-refractivity contribution in [2.45, 2.75) is 6.92 Å². The number of nitrogens with zero attached hydrogens (tertiary/aromatic N) is 1. The van der Waals surface area contributed by atoms with Gasteiger partial charge in [-0.1, -0.05) is 23.8 Å². The van der Waals surface area contributed by atoms with Crippen LogP contribution in [0.2, 0.25) is 0 Å². The van der Waals surface area contributed by atoms with E-state index >= 15 is 0 Å². The fourth-order valence-corrected chi connectivity index (χ4v) is 4.08. The smallest absolute Gasteiger partial charge is 0.271 e. The van der Waals surface area contributed by atoms with Crippen LogP contribution in [0.3, 0.4) is 0 Å². The number of aromatic hydroxyl groups is 1. The summed E-state index contributed by atoms with van der Waals surface area (Å²) in [5.41, 5.74) is 0.287. The molecule has 0 fully saturated rings. The van der Waals surface area contributed by atoms with Gasteiger partial charge in [0.15, 0.2) is 0 Å². The van der Waals surface area contributed by atoms with Gasteiger partial charge in [0.1, 0.15) is 11.3 Å². The fourth-order valence-electron chi connectivity index (χ4n) is 4.08. The molecule has 164 valence electrons. The highest BCUT2D eigenvalue weighted by atomic mass is 16.3. The fraction of sp³-hybridized carbons (Fsp3) is 0.0833. The largest absolute Gasteiger partial charge is 0.506 e. The number of H-pyrrole nitrogens is 2. The van der Waals surface area contributed by atoms with Crippen molar-refractivity contribution in [3.05, 3.63) is 85.4 Å². The highest BCUT2D eigenvalue weighted by Gasteiger charge is 2.30. The number of nitrogens with one attached hydrogen (secondary N) is 3. The lowest BCUT2D eigenvalue weighted by atomic mass is 9.93. The van der Waals surface area contributed by atoms with E-state index in [9.17, 15) is 24.3 Å². The predicted octanol–water partition coefficient (Wildman–Crippen LogP) is 2.45. The average molecular weight is 442 g/mol.